The number of aromatic amines is 1. The van der Waals surface area contributed by atoms with Gasteiger partial charge in [-0.15, -0.1) is 0 Å². The Labute approximate surface area is 140 Å². The van der Waals surface area contributed by atoms with Crippen LogP contribution in [0.3, 0.4) is 0 Å². The number of benzene rings is 3. The van der Waals surface area contributed by atoms with E-state index in [0.29, 0.717) is 0 Å². The maximum Gasteiger partial charge on any atom is 0.0922 e. The lowest BCUT2D eigenvalue weighted by molar-refractivity contribution is 0.907. The maximum atomic E-state index is 3.39. The highest BCUT2D eigenvalue weighted by atomic mass is 15.3. The summed E-state index contributed by atoms with van der Waals surface area (Å²) >= 11 is 0. The molecule has 3 nitrogen and oxygen atoms in total. The first-order valence-corrected chi connectivity index (χ1v) is 8.17. The van der Waals surface area contributed by atoms with Crippen molar-refractivity contribution >= 4 is 33.1 Å². The van der Waals surface area contributed by atoms with Crippen LogP contribution in [0.2, 0.25) is 0 Å². The van der Waals surface area contributed by atoms with E-state index in [1.54, 1.807) is 0 Å². The van der Waals surface area contributed by atoms with Crippen LogP contribution in [-0.2, 0) is 0 Å². The number of nitrogens with zero attached hydrogens (tertiary/aromatic N) is 1. The van der Waals surface area contributed by atoms with Gasteiger partial charge in [-0.05, 0) is 17.5 Å². The van der Waals surface area contributed by atoms with Gasteiger partial charge in [-0.1, -0.05) is 54.6 Å². The van der Waals surface area contributed by atoms with Gasteiger partial charge < -0.3 is 15.2 Å². The second-order valence-electron chi connectivity index (χ2n) is 6.07. The molecule has 2 N–H and O–H groups in total. The lowest BCUT2D eigenvalue weighted by Crippen LogP contribution is -2.22. The topological polar surface area (TPSA) is 31.1 Å². The molecule has 116 valence electrons. The molecule has 0 amide bonds. The minimum absolute atomic E-state index is 0.781. The molecule has 1 aliphatic rings. The van der Waals surface area contributed by atoms with E-state index in [1.165, 1.54) is 33.1 Å². The van der Waals surface area contributed by atoms with Crippen LogP contribution in [0.15, 0.2) is 79.1 Å². The van der Waals surface area contributed by atoms with Crippen LogP contribution in [0, 0.1) is 0 Å². The van der Waals surface area contributed by atoms with Gasteiger partial charge in [0.25, 0.3) is 0 Å². The molecule has 0 aliphatic carbocycles. The van der Waals surface area contributed by atoms with E-state index in [0.717, 1.165) is 12.2 Å². The molecule has 1 aromatic heterocycles. The Bertz CT molecular complexity index is 1070. The largest absolute Gasteiger partial charge is 0.372 e. The van der Waals surface area contributed by atoms with Crippen LogP contribution in [0.1, 0.15) is 5.56 Å². The molecule has 0 fully saturated rings. The number of hydrogen-bond acceptors (Lipinski definition) is 2. The number of aromatic nitrogens is 1. The molecule has 0 saturated carbocycles. The highest BCUT2D eigenvalue weighted by Gasteiger charge is 2.22. The molecule has 0 radical (unpaired) electrons. The number of anilines is 1. The third-order valence-corrected chi connectivity index (χ3v) is 4.70. The van der Waals surface area contributed by atoms with Gasteiger partial charge in [0, 0.05) is 34.2 Å². The number of hydrogen-bond donors (Lipinski definition) is 2. The highest BCUT2D eigenvalue weighted by Crippen LogP contribution is 2.35. The lowest BCUT2D eigenvalue weighted by Gasteiger charge is -2.23. The summed E-state index contributed by atoms with van der Waals surface area (Å²) in [5, 5.41) is 7.17. The molecule has 1 aliphatic heterocycles. The Morgan fingerprint density at radius 3 is 2.54 bits per heavy atom. The fraction of sp³-hybridized carbons (Fsp3) is 0.0476. The SMILES string of the molecule is C1=C(c2c[nH]c3ccccc23)N(c2cccc3ccccc23)CN1. The minimum Gasteiger partial charge on any atom is -0.372 e. The third kappa shape index (κ3) is 1.91. The Balaban J connectivity index is 1.68. The number of rotatable bonds is 2. The monoisotopic (exact) mass is 311 g/mol. The van der Waals surface area contributed by atoms with E-state index < -0.39 is 0 Å². The number of fused-ring (bicyclic) bond motifs is 2. The zero-order chi connectivity index (χ0) is 15.9. The molecule has 3 aromatic carbocycles. The van der Waals surface area contributed by atoms with Gasteiger partial charge >= 0.3 is 0 Å². The zero-order valence-corrected chi connectivity index (χ0v) is 13.2. The number of H-pyrrole nitrogens is 1. The predicted octanol–water partition coefficient (Wildman–Crippen LogP) is 4.69. The van der Waals surface area contributed by atoms with Gasteiger partial charge in [-0.3, -0.25) is 0 Å². The van der Waals surface area contributed by atoms with Crippen molar-refractivity contribution in [2.24, 2.45) is 0 Å². The quantitative estimate of drug-likeness (QED) is 0.563. The molecular weight excluding hydrogens is 294 g/mol. The Hall–Kier alpha value is -3.20. The fourth-order valence-corrected chi connectivity index (χ4v) is 3.56. The fourth-order valence-electron chi connectivity index (χ4n) is 3.56. The molecule has 24 heavy (non-hydrogen) atoms. The van der Waals surface area contributed by atoms with Crippen LogP contribution in [0.25, 0.3) is 27.4 Å². The van der Waals surface area contributed by atoms with Gasteiger partial charge in [-0.2, -0.15) is 0 Å². The van der Waals surface area contributed by atoms with Gasteiger partial charge in [0.1, 0.15) is 0 Å². The first-order chi connectivity index (χ1) is 11.9. The molecule has 0 saturated heterocycles. The molecule has 2 heterocycles. The van der Waals surface area contributed by atoms with Crippen molar-refractivity contribution in [3.63, 3.8) is 0 Å². The van der Waals surface area contributed by atoms with E-state index in [1.807, 2.05) is 0 Å². The smallest absolute Gasteiger partial charge is 0.0922 e. The van der Waals surface area contributed by atoms with Crippen molar-refractivity contribution in [2.45, 2.75) is 0 Å². The average molecular weight is 311 g/mol. The molecule has 0 bridgehead atoms. The Kier molecular flexibility index (Phi) is 2.85. The van der Waals surface area contributed by atoms with Gasteiger partial charge in [0.2, 0.25) is 0 Å². The first kappa shape index (κ1) is 13.3. The van der Waals surface area contributed by atoms with Crippen LogP contribution in [0.5, 0.6) is 0 Å². The first-order valence-electron chi connectivity index (χ1n) is 8.17. The average Bonchev–Trinajstić information content (AvgIpc) is 3.27. The van der Waals surface area contributed by atoms with E-state index in [2.05, 4.69) is 94.3 Å². The molecule has 3 heteroatoms. The summed E-state index contributed by atoms with van der Waals surface area (Å²) in [5.41, 5.74) is 4.82. The summed E-state index contributed by atoms with van der Waals surface area (Å²) in [4.78, 5) is 5.72. The van der Waals surface area contributed by atoms with E-state index >= 15 is 0 Å². The molecule has 5 rings (SSSR count). The van der Waals surface area contributed by atoms with Gasteiger partial charge in [-0.25, -0.2) is 0 Å². The summed E-state index contributed by atoms with van der Waals surface area (Å²) < 4.78 is 0. The summed E-state index contributed by atoms with van der Waals surface area (Å²) in [6.45, 7) is 0.781. The second-order valence-corrected chi connectivity index (χ2v) is 6.07. The highest BCUT2D eigenvalue weighted by molar-refractivity contribution is 6.02. The summed E-state index contributed by atoms with van der Waals surface area (Å²) in [5.74, 6) is 0. The normalized spacial score (nSPS) is 14.2. The molecular formula is C21H17N3. The molecule has 0 spiro atoms. The second kappa shape index (κ2) is 5.17. The lowest BCUT2D eigenvalue weighted by atomic mass is 10.1. The van der Waals surface area contributed by atoms with Crippen molar-refractivity contribution in [3.05, 3.63) is 84.7 Å². The van der Waals surface area contributed by atoms with E-state index in [-0.39, 0.29) is 0 Å². The zero-order valence-electron chi connectivity index (χ0n) is 13.2. The van der Waals surface area contributed by atoms with Crippen molar-refractivity contribution in [3.8, 4) is 0 Å². The maximum absolute atomic E-state index is 3.39. The van der Waals surface area contributed by atoms with Crippen LogP contribution in [0.4, 0.5) is 5.69 Å². The Morgan fingerprint density at radius 2 is 1.58 bits per heavy atom. The number of para-hydroxylation sites is 1. The van der Waals surface area contributed by atoms with Crippen molar-refractivity contribution in [1.82, 2.24) is 10.3 Å². The Morgan fingerprint density at radius 1 is 0.792 bits per heavy atom. The predicted molar refractivity (Wildman–Crippen MR) is 101 cm³/mol. The third-order valence-electron chi connectivity index (χ3n) is 4.70. The van der Waals surface area contributed by atoms with Gasteiger partial charge in [0.05, 0.1) is 18.1 Å². The van der Waals surface area contributed by atoms with Crippen LogP contribution in [-0.4, -0.2) is 11.7 Å². The molecule has 4 aromatic rings. The van der Waals surface area contributed by atoms with Crippen molar-refractivity contribution in [1.29, 1.82) is 0 Å². The van der Waals surface area contributed by atoms with Gasteiger partial charge in [0.15, 0.2) is 0 Å². The molecule has 0 unspecified atom stereocenters. The van der Waals surface area contributed by atoms with Crippen molar-refractivity contribution in [2.75, 3.05) is 11.6 Å². The summed E-state index contributed by atoms with van der Waals surface area (Å²) in [7, 11) is 0. The summed E-state index contributed by atoms with van der Waals surface area (Å²) in [6.07, 6.45) is 4.21. The number of nitrogens with one attached hydrogen (secondary N) is 2. The van der Waals surface area contributed by atoms with Crippen LogP contribution >= 0.6 is 0 Å². The molecule has 0 atom stereocenters. The minimum atomic E-state index is 0.781. The van der Waals surface area contributed by atoms with E-state index in [9.17, 15) is 0 Å². The summed E-state index contributed by atoms with van der Waals surface area (Å²) in [6, 6.07) is 23.5. The standard InChI is InChI=1S/C21H17N3/c1-2-8-16-15(6-1)7-5-11-20(16)24-14-22-13-21(24)18-12-23-19-10-4-3-9-17(18)19/h1-13,22-23H,14H2. The van der Waals surface area contributed by atoms with Crippen LogP contribution < -0.4 is 10.2 Å². The van der Waals surface area contributed by atoms with Crippen molar-refractivity contribution < 1.29 is 0 Å². The van der Waals surface area contributed by atoms with E-state index in [4.69, 9.17) is 0 Å².